The maximum atomic E-state index is 13.2. The molecule has 0 saturated heterocycles. The minimum Gasteiger partial charge on any atom is -0.490 e. The van der Waals surface area contributed by atoms with Crippen LogP contribution in [0.1, 0.15) is 25.5 Å². The SMILES string of the molecule is CCOc1c(F)cccc1C(C)N.Cl. The van der Waals surface area contributed by atoms with Crippen LogP contribution < -0.4 is 10.5 Å². The Labute approximate surface area is 89.7 Å². The molecule has 2 nitrogen and oxygen atoms in total. The van der Waals surface area contributed by atoms with Crippen molar-refractivity contribution in [1.29, 1.82) is 0 Å². The standard InChI is InChI=1S/C10H14FNO.ClH/c1-3-13-10-8(7(2)12)5-4-6-9(10)11;/h4-7H,3,12H2,1-2H3;1H. The third kappa shape index (κ3) is 2.86. The molecule has 1 unspecified atom stereocenters. The molecule has 0 aliphatic rings. The van der Waals surface area contributed by atoms with Gasteiger partial charge in [0.05, 0.1) is 6.61 Å². The molecule has 1 aromatic rings. The van der Waals surface area contributed by atoms with Gasteiger partial charge in [-0.05, 0) is 19.9 Å². The van der Waals surface area contributed by atoms with E-state index in [0.29, 0.717) is 12.2 Å². The second-order valence-corrected chi connectivity index (χ2v) is 2.88. The van der Waals surface area contributed by atoms with Crippen LogP contribution in [-0.4, -0.2) is 6.61 Å². The first-order valence-electron chi connectivity index (χ1n) is 4.33. The first-order chi connectivity index (χ1) is 6.16. The Morgan fingerprint density at radius 3 is 2.64 bits per heavy atom. The van der Waals surface area contributed by atoms with Crippen molar-refractivity contribution in [2.45, 2.75) is 19.9 Å². The molecule has 0 heterocycles. The minimum absolute atomic E-state index is 0. The van der Waals surface area contributed by atoms with Crippen LogP contribution in [0.4, 0.5) is 4.39 Å². The number of benzene rings is 1. The molecule has 0 amide bonds. The average molecular weight is 220 g/mol. The summed E-state index contributed by atoms with van der Waals surface area (Å²) in [7, 11) is 0. The first-order valence-corrected chi connectivity index (χ1v) is 4.33. The Bertz CT molecular complexity index is 291. The van der Waals surface area contributed by atoms with Gasteiger partial charge in [-0.25, -0.2) is 4.39 Å². The fourth-order valence-corrected chi connectivity index (χ4v) is 1.18. The molecule has 1 rings (SSSR count). The van der Waals surface area contributed by atoms with E-state index in [1.54, 1.807) is 19.1 Å². The highest BCUT2D eigenvalue weighted by Gasteiger charge is 2.11. The monoisotopic (exact) mass is 219 g/mol. The molecule has 0 saturated carbocycles. The van der Waals surface area contributed by atoms with E-state index in [4.69, 9.17) is 10.5 Å². The molecule has 0 aliphatic heterocycles. The normalized spacial score (nSPS) is 11.7. The van der Waals surface area contributed by atoms with Crippen molar-refractivity contribution >= 4 is 12.4 Å². The van der Waals surface area contributed by atoms with Crippen molar-refractivity contribution in [3.8, 4) is 5.75 Å². The predicted octanol–water partition coefficient (Wildman–Crippen LogP) is 2.67. The van der Waals surface area contributed by atoms with E-state index in [1.165, 1.54) is 6.07 Å². The second-order valence-electron chi connectivity index (χ2n) is 2.88. The van der Waals surface area contributed by atoms with Crippen LogP contribution in [0, 0.1) is 5.82 Å². The highest BCUT2D eigenvalue weighted by molar-refractivity contribution is 5.85. The zero-order valence-corrected chi connectivity index (χ0v) is 9.10. The number of nitrogens with two attached hydrogens (primary N) is 1. The fraction of sp³-hybridized carbons (Fsp3) is 0.400. The summed E-state index contributed by atoms with van der Waals surface area (Å²) in [5, 5.41) is 0. The van der Waals surface area contributed by atoms with Crippen LogP contribution >= 0.6 is 12.4 Å². The van der Waals surface area contributed by atoms with Crippen LogP contribution in [0.3, 0.4) is 0 Å². The van der Waals surface area contributed by atoms with Crippen LogP contribution in [0.5, 0.6) is 5.75 Å². The smallest absolute Gasteiger partial charge is 0.165 e. The topological polar surface area (TPSA) is 35.2 Å². The molecule has 0 aliphatic carbocycles. The Balaban J connectivity index is 0.00000169. The highest BCUT2D eigenvalue weighted by atomic mass is 35.5. The summed E-state index contributed by atoms with van der Waals surface area (Å²) in [5.41, 5.74) is 6.38. The number of ether oxygens (including phenoxy) is 1. The summed E-state index contributed by atoms with van der Waals surface area (Å²) in [4.78, 5) is 0. The Morgan fingerprint density at radius 1 is 1.50 bits per heavy atom. The van der Waals surface area contributed by atoms with E-state index < -0.39 is 0 Å². The van der Waals surface area contributed by atoms with Gasteiger partial charge >= 0.3 is 0 Å². The average Bonchev–Trinajstić information content (AvgIpc) is 2.08. The van der Waals surface area contributed by atoms with Gasteiger partial charge in [0.25, 0.3) is 0 Å². The van der Waals surface area contributed by atoms with Gasteiger partial charge in [0.1, 0.15) is 0 Å². The number of hydrogen-bond acceptors (Lipinski definition) is 2. The lowest BCUT2D eigenvalue weighted by molar-refractivity contribution is 0.316. The van der Waals surface area contributed by atoms with Gasteiger partial charge in [-0.3, -0.25) is 0 Å². The summed E-state index contributed by atoms with van der Waals surface area (Å²) < 4.78 is 18.4. The van der Waals surface area contributed by atoms with Gasteiger partial charge in [-0.15, -0.1) is 12.4 Å². The van der Waals surface area contributed by atoms with E-state index in [-0.39, 0.29) is 30.0 Å². The molecule has 1 aromatic carbocycles. The quantitative estimate of drug-likeness (QED) is 0.849. The van der Waals surface area contributed by atoms with Crippen LogP contribution in [0.2, 0.25) is 0 Å². The van der Waals surface area contributed by atoms with Crippen molar-refractivity contribution < 1.29 is 9.13 Å². The lowest BCUT2D eigenvalue weighted by atomic mass is 10.1. The Morgan fingerprint density at radius 2 is 2.14 bits per heavy atom. The summed E-state index contributed by atoms with van der Waals surface area (Å²) in [6.45, 7) is 4.06. The molecule has 1 atom stereocenters. The van der Waals surface area contributed by atoms with Crippen molar-refractivity contribution in [3.63, 3.8) is 0 Å². The van der Waals surface area contributed by atoms with E-state index in [9.17, 15) is 4.39 Å². The zero-order chi connectivity index (χ0) is 9.84. The van der Waals surface area contributed by atoms with Gasteiger partial charge < -0.3 is 10.5 Å². The number of para-hydroxylation sites is 1. The summed E-state index contributed by atoms with van der Waals surface area (Å²) in [5.74, 6) is -0.0725. The molecule has 0 aromatic heterocycles. The Hall–Kier alpha value is -0.800. The predicted molar refractivity (Wildman–Crippen MR) is 57.4 cm³/mol. The highest BCUT2D eigenvalue weighted by Crippen LogP contribution is 2.26. The van der Waals surface area contributed by atoms with E-state index in [0.717, 1.165) is 0 Å². The molecule has 0 fully saturated rings. The maximum Gasteiger partial charge on any atom is 0.165 e. The molecular weight excluding hydrogens is 205 g/mol. The van der Waals surface area contributed by atoms with Crippen molar-refractivity contribution in [3.05, 3.63) is 29.6 Å². The van der Waals surface area contributed by atoms with E-state index >= 15 is 0 Å². The molecular formula is C10H15ClFNO. The van der Waals surface area contributed by atoms with Gasteiger partial charge in [-0.1, -0.05) is 12.1 Å². The Kier molecular flexibility index (Phi) is 5.50. The van der Waals surface area contributed by atoms with Crippen LogP contribution in [-0.2, 0) is 0 Å². The molecule has 0 radical (unpaired) electrons. The van der Waals surface area contributed by atoms with Gasteiger partial charge in [0.2, 0.25) is 0 Å². The van der Waals surface area contributed by atoms with Crippen molar-refractivity contribution in [2.75, 3.05) is 6.61 Å². The summed E-state index contributed by atoms with van der Waals surface area (Å²) >= 11 is 0. The molecule has 2 N–H and O–H groups in total. The lowest BCUT2D eigenvalue weighted by Gasteiger charge is -2.13. The fourth-order valence-electron chi connectivity index (χ4n) is 1.18. The van der Waals surface area contributed by atoms with E-state index in [1.807, 2.05) is 6.92 Å². The number of rotatable bonds is 3. The third-order valence-electron chi connectivity index (χ3n) is 1.78. The van der Waals surface area contributed by atoms with E-state index in [2.05, 4.69) is 0 Å². The molecule has 4 heteroatoms. The van der Waals surface area contributed by atoms with Gasteiger partial charge in [-0.2, -0.15) is 0 Å². The lowest BCUT2D eigenvalue weighted by Crippen LogP contribution is -2.09. The molecule has 14 heavy (non-hydrogen) atoms. The molecule has 0 spiro atoms. The second kappa shape index (κ2) is 5.83. The third-order valence-corrected chi connectivity index (χ3v) is 1.78. The summed E-state index contributed by atoms with van der Waals surface area (Å²) in [6, 6.07) is 4.57. The maximum absolute atomic E-state index is 13.2. The van der Waals surface area contributed by atoms with Crippen molar-refractivity contribution in [2.24, 2.45) is 5.73 Å². The summed E-state index contributed by atoms with van der Waals surface area (Å²) in [6.07, 6.45) is 0. The molecule has 80 valence electrons. The first kappa shape index (κ1) is 13.2. The molecule has 0 bridgehead atoms. The van der Waals surface area contributed by atoms with Gasteiger partial charge in [0, 0.05) is 11.6 Å². The zero-order valence-electron chi connectivity index (χ0n) is 8.29. The number of hydrogen-bond donors (Lipinski definition) is 1. The van der Waals surface area contributed by atoms with Crippen molar-refractivity contribution in [1.82, 2.24) is 0 Å². The van der Waals surface area contributed by atoms with Crippen LogP contribution in [0.15, 0.2) is 18.2 Å². The number of halogens is 2. The largest absolute Gasteiger partial charge is 0.490 e. The van der Waals surface area contributed by atoms with Gasteiger partial charge in [0.15, 0.2) is 11.6 Å². The van der Waals surface area contributed by atoms with Crippen LogP contribution in [0.25, 0.3) is 0 Å². The minimum atomic E-state index is -0.350.